The molecule has 1 heterocycles. The van der Waals surface area contributed by atoms with E-state index in [1.54, 1.807) is 12.1 Å². The number of nitrogens with one attached hydrogen (secondary N) is 1. The molecule has 0 aliphatic heterocycles. The summed E-state index contributed by atoms with van der Waals surface area (Å²) >= 11 is 1.37. The maximum atomic E-state index is 13.2. The molecule has 1 aromatic heterocycles. The summed E-state index contributed by atoms with van der Waals surface area (Å²) in [5.74, 6) is 0.0390. The van der Waals surface area contributed by atoms with E-state index in [1.807, 2.05) is 49.4 Å². The third-order valence-corrected chi connectivity index (χ3v) is 6.49. The molecule has 0 spiro atoms. The van der Waals surface area contributed by atoms with Crippen molar-refractivity contribution < 1.29 is 13.9 Å². The topological polar surface area (TPSA) is 51.2 Å². The summed E-state index contributed by atoms with van der Waals surface area (Å²) in [4.78, 5) is 17.8. The number of amides is 1. The monoisotopic (exact) mass is 460 g/mol. The smallest absolute Gasteiger partial charge is 0.264 e. The molecule has 0 aliphatic carbocycles. The van der Waals surface area contributed by atoms with Crippen molar-refractivity contribution in [2.45, 2.75) is 26.2 Å². The fourth-order valence-corrected chi connectivity index (χ4v) is 4.47. The van der Waals surface area contributed by atoms with Crippen molar-refractivity contribution in [3.8, 4) is 17.0 Å². The Kier molecular flexibility index (Phi) is 6.56. The first-order valence-electron chi connectivity index (χ1n) is 10.6. The highest BCUT2D eigenvalue weighted by Gasteiger charge is 2.22. The molecule has 168 valence electrons. The number of carbonyl (C=O) groups excluding carboxylic acids is 1. The van der Waals surface area contributed by atoms with E-state index in [9.17, 15) is 9.18 Å². The number of hydrogen-bond donors (Lipinski definition) is 1. The molecule has 0 saturated carbocycles. The molecule has 0 fully saturated rings. The lowest BCUT2D eigenvalue weighted by atomic mass is 9.78. The van der Waals surface area contributed by atoms with Gasteiger partial charge in [-0.15, -0.1) is 11.3 Å². The van der Waals surface area contributed by atoms with Gasteiger partial charge in [-0.1, -0.05) is 56.3 Å². The second-order valence-electron chi connectivity index (χ2n) is 8.28. The van der Waals surface area contributed by atoms with Gasteiger partial charge in [-0.2, -0.15) is 0 Å². The summed E-state index contributed by atoms with van der Waals surface area (Å²) in [6.07, 6.45) is 0. The quantitative estimate of drug-likeness (QED) is 0.338. The zero-order valence-corrected chi connectivity index (χ0v) is 19.6. The Bertz CT molecular complexity index is 1230. The van der Waals surface area contributed by atoms with Gasteiger partial charge < -0.3 is 4.74 Å². The molecule has 0 bridgehead atoms. The molecule has 1 amide bonds. The van der Waals surface area contributed by atoms with Gasteiger partial charge in [-0.3, -0.25) is 10.1 Å². The van der Waals surface area contributed by atoms with Gasteiger partial charge in [0.2, 0.25) is 0 Å². The number of ether oxygens (including phenoxy) is 1. The Morgan fingerprint density at radius 2 is 1.61 bits per heavy atom. The van der Waals surface area contributed by atoms with E-state index < -0.39 is 0 Å². The van der Waals surface area contributed by atoms with Gasteiger partial charge in [0.1, 0.15) is 11.6 Å². The fourth-order valence-electron chi connectivity index (χ4n) is 3.62. The van der Waals surface area contributed by atoms with Crippen LogP contribution >= 0.6 is 11.3 Å². The number of rotatable bonds is 7. The van der Waals surface area contributed by atoms with Crippen LogP contribution in [0.3, 0.4) is 0 Å². The first kappa shape index (κ1) is 22.7. The Hall–Kier alpha value is -3.51. The maximum Gasteiger partial charge on any atom is 0.264 e. The van der Waals surface area contributed by atoms with Crippen LogP contribution in [0.4, 0.5) is 9.52 Å². The van der Waals surface area contributed by atoms with Crippen LogP contribution in [0.1, 0.15) is 29.9 Å². The van der Waals surface area contributed by atoms with E-state index >= 15 is 0 Å². The summed E-state index contributed by atoms with van der Waals surface area (Å²) in [5.41, 5.74) is 3.80. The van der Waals surface area contributed by atoms with Crippen LogP contribution in [0.15, 0.2) is 78.9 Å². The number of thiazole rings is 1. The van der Waals surface area contributed by atoms with E-state index in [2.05, 4.69) is 36.3 Å². The first-order valence-corrected chi connectivity index (χ1v) is 11.5. The number of anilines is 1. The van der Waals surface area contributed by atoms with Crippen LogP contribution in [0, 0.1) is 12.7 Å². The number of carbonyl (C=O) groups is 1. The maximum absolute atomic E-state index is 13.2. The first-order chi connectivity index (χ1) is 15.8. The Morgan fingerprint density at radius 3 is 2.27 bits per heavy atom. The lowest BCUT2D eigenvalue weighted by molar-refractivity contribution is -0.118. The van der Waals surface area contributed by atoms with E-state index in [0.717, 1.165) is 21.7 Å². The average Bonchev–Trinajstić information content (AvgIpc) is 3.18. The summed E-state index contributed by atoms with van der Waals surface area (Å²) in [5, 5.41) is 3.27. The average molecular weight is 461 g/mol. The van der Waals surface area contributed by atoms with E-state index in [4.69, 9.17) is 4.74 Å². The summed E-state index contributed by atoms with van der Waals surface area (Å²) in [6, 6.07) is 24.3. The minimum absolute atomic E-state index is 0.119. The van der Waals surface area contributed by atoms with Crippen molar-refractivity contribution in [3.05, 3.63) is 101 Å². The van der Waals surface area contributed by atoms with Gasteiger partial charge in [-0.05, 0) is 54.4 Å². The SMILES string of the molecule is Cc1sc(NC(=O)COc2ccc(C(C)(C)c3ccccc3)cc2)nc1-c1ccc(F)cc1. The van der Waals surface area contributed by atoms with Crippen molar-refractivity contribution in [2.24, 2.45) is 0 Å². The van der Waals surface area contributed by atoms with Crippen molar-refractivity contribution in [3.63, 3.8) is 0 Å². The van der Waals surface area contributed by atoms with E-state index in [0.29, 0.717) is 10.9 Å². The predicted molar refractivity (Wildman–Crippen MR) is 131 cm³/mol. The molecule has 0 saturated heterocycles. The van der Waals surface area contributed by atoms with Crippen molar-refractivity contribution in [2.75, 3.05) is 11.9 Å². The number of halogens is 1. The molecule has 4 rings (SSSR count). The van der Waals surface area contributed by atoms with Crippen LogP contribution in [0.25, 0.3) is 11.3 Å². The molecule has 0 unspecified atom stereocenters. The lowest BCUT2D eigenvalue weighted by Gasteiger charge is -2.26. The molecule has 4 nitrogen and oxygen atoms in total. The highest BCUT2D eigenvalue weighted by molar-refractivity contribution is 7.16. The number of benzene rings is 3. The minimum atomic E-state index is -0.297. The molecular formula is C27H25FN2O2S. The van der Waals surface area contributed by atoms with Gasteiger partial charge >= 0.3 is 0 Å². The molecule has 4 aromatic rings. The molecule has 6 heteroatoms. The normalized spacial score (nSPS) is 11.3. The standard InChI is InChI=1S/C27H25FN2O2S/c1-18-25(19-9-13-22(28)14-10-19)30-26(33-18)29-24(31)17-32-23-15-11-21(12-16-23)27(2,3)20-7-5-4-6-8-20/h4-16H,17H2,1-3H3,(H,29,30,31). The number of aryl methyl sites for hydroxylation is 1. The Balaban J connectivity index is 1.36. The second-order valence-corrected chi connectivity index (χ2v) is 9.49. The molecule has 0 radical (unpaired) electrons. The number of nitrogens with zero attached hydrogens (tertiary/aromatic N) is 1. The second kappa shape index (κ2) is 9.55. The van der Waals surface area contributed by atoms with Gasteiger partial charge in [-0.25, -0.2) is 9.37 Å². The molecule has 0 aliphatic rings. The molecular weight excluding hydrogens is 435 g/mol. The zero-order valence-electron chi connectivity index (χ0n) is 18.8. The van der Waals surface area contributed by atoms with Crippen LogP contribution in [-0.2, 0) is 10.2 Å². The summed E-state index contributed by atoms with van der Waals surface area (Å²) in [7, 11) is 0. The Labute approximate surface area is 197 Å². The van der Waals surface area contributed by atoms with Gasteiger partial charge in [0.05, 0.1) is 5.69 Å². The molecule has 1 N–H and O–H groups in total. The highest BCUT2D eigenvalue weighted by atomic mass is 32.1. The van der Waals surface area contributed by atoms with Crippen molar-refractivity contribution in [1.82, 2.24) is 4.98 Å². The van der Waals surface area contributed by atoms with Crippen LogP contribution in [0.5, 0.6) is 5.75 Å². The largest absolute Gasteiger partial charge is 0.484 e. The lowest BCUT2D eigenvalue weighted by Crippen LogP contribution is -2.20. The summed E-state index contributed by atoms with van der Waals surface area (Å²) < 4.78 is 18.8. The van der Waals surface area contributed by atoms with Crippen LogP contribution in [0.2, 0.25) is 0 Å². The van der Waals surface area contributed by atoms with Gasteiger partial charge in [0.25, 0.3) is 5.91 Å². The van der Waals surface area contributed by atoms with E-state index in [-0.39, 0.29) is 23.7 Å². The third-order valence-electron chi connectivity index (χ3n) is 5.60. The third kappa shape index (κ3) is 5.29. The number of hydrogen-bond acceptors (Lipinski definition) is 4. The summed E-state index contributed by atoms with van der Waals surface area (Å²) in [6.45, 7) is 6.16. The predicted octanol–water partition coefficient (Wildman–Crippen LogP) is 6.60. The molecule has 3 aromatic carbocycles. The molecule has 0 atom stereocenters. The van der Waals surface area contributed by atoms with Gasteiger partial charge in [0.15, 0.2) is 11.7 Å². The van der Waals surface area contributed by atoms with E-state index in [1.165, 1.54) is 29.0 Å². The van der Waals surface area contributed by atoms with Gasteiger partial charge in [0, 0.05) is 15.9 Å². The fraction of sp³-hybridized carbons (Fsp3) is 0.185. The van der Waals surface area contributed by atoms with Crippen molar-refractivity contribution >= 4 is 22.4 Å². The van der Waals surface area contributed by atoms with Crippen LogP contribution < -0.4 is 10.1 Å². The zero-order chi connectivity index (χ0) is 23.4. The number of aromatic nitrogens is 1. The Morgan fingerprint density at radius 1 is 0.970 bits per heavy atom. The highest BCUT2D eigenvalue weighted by Crippen LogP contribution is 2.32. The van der Waals surface area contributed by atoms with Crippen molar-refractivity contribution in [1.29, 1.82) is 0 Å². The van der Waals surface area contributed by atoms with Crippen LogP contribution in [-0.4, -0.2) is 17.5 Å². The molecule has 33 heavy (non-hydrogen) atoms. The minimum Gasteiger partial charge on any atom is -0.484 e.